The third kappa shape index (κ3) is 4.81. The van der Waals surface area contributed by atoms with E-state index in [4.69, 9.17) is 19.9 Å². The molecule has 1 atom stereocenters. The molecule has 7 heteroatoms. The summed E-state index contributed by atoms with van der Waals surface area (Å²) in [5, 5.41) is 0. The minimum Gasteiger partial charge on any atom is -0.462 e. The molecule has 7 nitrogen and oxygen atoms in total. The van der Waals surface area contributed by atoms with Crippen molar-refractivity contribution in [3.05, 3.63) is 52.6 Å². The summed E-state index contributed by atoms with van der Waals surface area (Å²) in [5.74, 6) is -0.869. The molecule has 1 aromatic rings. The molecule has 166 valence electrons. The van der Waals surface area contributed by atoms with E-state index in [0.717, 1.165) is 0 Å². The molecule has 1 aliphatic carbocycles. The zero-order chi connectivity index (χ0) is 22.8. The zero-order valence-electron chi connectivity index (χ0n) is 18.4. The lowest BCUT2D eigenvalue weighted by Gasteiger charge is -2.37. The van der Waals surface area contributed by atoms with Crippen LogP contribution in [0.1, 0.15) is 64.9 Å². The molecule has 0 radical (unpaired) electrons. The zero-order valence-corrected chi connectivity index (χ0v) is 18.4. The smallest absolute Gasteiger partial charge is 0.340 e. The maximum Gasteiger partial charge on any atom is 0.340 e. The summed E-state index contributed by atoms with van der Waals surface area (Å²) in [7, 11) is 0. The molecule has 0 bridgehead atoms. The summed E-state index contributed by atoms with van der Waals surface area (Å²) in [4.78, 5) is 37.6. The number of carbonyl (C=O) groups is 3. The Hall–Kier alpha value is -3.09. The minimum absolute atomic E-state index is 0.0499. The van der Waals surface area contributed by atoms with Gasteiger partial charge < -0.3 is 19.9 Å². The SMILES string of the molecule is CCCC(=O)Oc1ccc([C@@H]2C(C(=O)OCC)=C(N)OC3=C2C(=O)CC(C)(C)C3)cc1. The monoisotopic (exact) mass is 427 g/mol. The Kier molecular flexibility index (Phi) is 6.53. The number of esters is 2. The summed E-state index contributed by atoms with van der Waals surface area (Å²) in [6.45, 7) is 7.75. The second-order valence-electron chi connectivity index (χ2n) is 8.60. The van der Waals surface area contributed by atoms with Crippen molar-refractivity contribution in [2.45, 2.75) is 59.3 Å². The summed E-state index contributed by atoms with van der Waals surface area (Å²) in [6.07, 6.45) is 1.90. The Morgan fingerprint density at radius 1 is 1.16 bits per heavy atom. The van der Waals surface area contributed by atoms with Gasteiger partial charge in [-0.2, -0.15) is 0 Å². The van der Waals surface area contributed by atoms with Gasteiger partial charge in [0.1, 0.15) is 17.1 Å². The van der Waals surface area contributed by atoms with E-state index in [2.05, 4.69) is 0 Å². The topological polar surface area (TPSA) is 105 Å². The second-order valence-corrected chi connectivity index (χ2v) is 8.60. The molecule has 0 saturated carbocycles. The number of rotatable bonds is 6. The highest BCUT2D eigenvalue weighted by Crippen LogP contribution is 2.48. The van der Waals surface area contributed by atoms with Crippen molar-refractivity contribution in [3.63, 3.8) is 0 Å². The van der Waals surface area contributed by atoms with Crippen molar-refractivity contribution in [2.24, 2.45) is 11.1 Å². The number of nitrogens with two attached hydrogens (primary N) is 1. The number of Topliss-reactive ketones (excluding diaryl/α,β-unsaturated/α-hetero) is 1. The van der Waals surface area contributed by atoms with Gasteiger partial charge in [-0.1, -0.05) is 32.9 Å². The van der Waals surface area contributed by atoms with E-state index >= 15 is 0 Å². The molecule has 0 fully saturated rings. The van der Waals surface area contributed by atoms with E-state index in [9.17, 15) is 14.4 Å². The fourth-order valence-electron chi connectivity index (χ4n) is 4.04. The van der Waals surface area contributed by atoms with E-state index in [1.165, 1.54) is 0 Å². The first-order valence-corrected chi connectivity index (χ1v) is 10.6. The highest BCUT2D eigenvalue weighted by Gasteiger charge is 2.45. The van der Waals surface area contributed by atoms with E-state index < -0.39 is 11.9 Å². The fraction of sp³-hybridized carbons (Fsp3) is 0.458. The molecule has 0 unspecified atom stereocenters. The van der Waals surface area contributed by atoms with Gasteiger partial charge in [-0.3, -0.25) is 9.59 Å². The first-order chi connectivity index (χ1) is 14.7. The quantitative estimate of drug-likeness (QED) is 0.542. The van der Waals surface area contributed by atoms with Gasteiger partial charge in [-0.15, -0.1) is 0 Å². The van der Waals surface area contributed by atoms with Crippen LogP contribution >= 0.6 is 0 Å². The lowest BCUT2D eigenvalue weighted by molar-refractivity contribution is -0.139. The summed E-state index contributed by atoms with van der Waals surface area (Å²) >= 11 is 0. The predicted octanol–water partition coefficient (Wildman–Crippen LogP) is 3.88. The van der Waals surface area contributed by atoms with Gasteiger partial charge >= 0.3 is 11.9 Å². The number of hydrogen-bond donors (Lipinski definition) is 1. The van der Waals surface area contributed by atoms with Crippen molar-refractivity contribution in [1.29, 1.82) is 0 Å². The Bertz CT molecular complexity index is 955. The van der Waals surface area contributed by atoms with Crippen LogP contribution in [0.2, 0.25) is 0 Å². The van der Waals surface area contributed by atoms with Crippen LogP contribution in [0.25, 0.3) is 0 Å². The molecule has 0 aromatic heterocycles. The van der Waals surface area contributed by atoms with Gasteiger partial charge in [0.2, 0.25) is 5.88 Å². The Labute approximate surface area is 182 Å². The van der Waals surface area contributed by atoms with Crippen molar-refractivity contribution in [1.82, 2.24) is 0 Å². The second kappa shape index (κ2) is 8.96. The van der Waals surface area contributed by atoms with E-state index in [1.807, 2.05) is 20.8 Å². The summed E-state index contributed by atoms with van der Waals surface area (Å²) in [5.41, 5.74) is 7.11. The molecule has 1 aliphatic heterocycles. The van der Waals surface area contributed by atoms with Gasteiger partial charge in [0.15, 0.2) is 5.78 Å². The van der Waals surface area contributed by atoms with Gasteiger partial charge in [0.05, 0.1) is 12.5 Å². The first-order valence-electron chi connectivity index (χ1n) is 10.6. The summed E-state index contributed by atoms with van der Waals surface area (Å²) < 4.78 is 16.3. The van der Waals surface area contributed by atoms with Crippen LogP contribution in [0.5, 0.6) is 5.75 Å². The van der Waals surface area contributed by atoms with Gasteiger partial charge in [0.25, 0.3) is 0 Å². The number of carbonyl (C=O) groups excluding carboxylic acids is 3. The largest absolute Gasteiger partial charge is 0.462 e. The standard InChI is InChI=1S/C24H29NO6/c1-5-7-18(27)30-15-10-8-14(9-11-15)19-20-16(26)12-24(3,4)13-17(20)31-22(25)21(19)23(28)29-6-2/h8-11,19H,5-7,12-13,25H2,1-4H3/t19-/m0/s1. The maximum atomic E-state index is 13.1. The Morgan fingerprint density at radius 3 is 2.45 bits per heavy atom. The Morgan fingerprint density at radius 2 is 1.84 bits per heavy atom. The highest BCUT2D eigenvalue weighted by atomic mass is 16.5. The average molecular weight is 427 g/mol. The maximum absolute atomic E-state index is 13.1. The van der Waals surface area contributed by atoms with Crippen molar-refractivity contribution >= 4 is 17.7 Å². The van der Waals surface area contributed by atoms with Crippen LogP contribution in [0.3, 0.4) is 0 Å². The van der Waals surface area contributed by atoms with Crippen LogP contribution in [-0.2, 0) is 23.9 Å². The third-order valence-corrected chi connectivity index (χ3v) is 5.35. The number of allylic oxidation sites excluding steroid dienone is 2. The number of hydrogen-bond acceptors (Lipinski definition) is 7. The van der Waals surface area contributed by atoms with Crippen LogP contribution in [0.15, 0.2) is 47.1 Å². The molecule has 3 rings (SSSR count). The summed E-state index contributed by atoms with van der Waals surface area (Å²) in [6, 6.07) is 6.76. The van der Waals surface area contributed by atoms with Crippen LogP contribution < -0.4 is 10.5 Å². The van der Waals surface area contributed by atoms with Gasteiger partial charge in [-0.25, -0.2) is 4.79 Å². The number of benzene rings is 1. The fourth-order valence-corrected chi connectivity index (χ4v) is 4.04. The normalized spacial score (nSPS) is 20.1. The molecule has 31 heavy (non-hydrogen) atoms. The highest BCUT2D eigenvalue weighted by molar-refractivity contribution is 6.03. The minimum atomic E-state index is -0.702. The lowest BCUT2D eigenvalue weighted by Crippen LogP contribution is -2.35. The molecule has 2 N–H and O–H groups in total. The lowest BCUT2D eigenvalue weighted by atomic mass is 9.70. The van der Waals surface area contributed by atoms with Crippen LogP contribution in [-0.4, -0.2) is 24.3 Å². The molecule has 0 saturated heterocycles. The molecular weight excluding hydrogens is 398 g/mol. The van der Waals surface area contributed by atoms with Crippen molar-refractivity contribution < 1.29 is 28.6 Å². The molecule has 2 aliphatic rings. The molecule has 0 amide bonds. The molecule has 1 aromatic carbocycles. The molecule has 0 spiro atoms. The van der Waals surface area contributed by atoms with Crippen molar-refractivity contribution in [3.8, 4) is 5.75 Å². The van der Waals surface area contributed by atoms with Crippen LogP contribution in [0.4, 0.5) is 0 Å². The third-order valence-electron chi connectivity index (χ3n) is 5.35. The predicted molar refractivity (Wildman–Crippen MR) is 114 cm³/mol. The van der Waals surface area contributed by atoms with E-state index in [-0.39, 0.29) is 35.2 Å². The number of ketones is 1. The van der Waals surface area contributed by atoms with E-state index in [0.29, 0.717) is 48.3 Å². The average Bonchev–Trinajstić information content (AvgIpc) is 2.66. The Balaban J connectivity index is 2.04. The molecular formula is C24H29NO6. The van der Waals surface area contributed by atoms with Crippen molar-refractivity contribution in [2.75, 3.05) is 6.61 Å². The van der Waals surface area contributed by atoms with Gasteiger partial charge in [0, 0.05) is 24.8 Å². The molecule has 1 heterocycles. The first kappa shape index (κ1) is 22.6. The van der Waals surface area contributed by atoms with Crippen LogP contribution in [0, 0.1) is 5.41 Å². The van der Waals surface area contributed by atoms with Gasteiger partial charge in [-0.05, 0) is 36.5 Å². The number of ether oxygens (including phenoxy) is 3. The van der Waals surface area contributed by atoms with E-state index in [1.54, 1.807) is 31.2 Å².